The molecule has 0 saturated carbocycles. The Morgan fingerprint density at radius 1 is 1.11 bits per heavy atom. The molecule has 2 aliphatic heterocycles. The van der Waals surface area contributed by atoms with E-state index in [0.717, 1.165) is 10.9 Å². The molecule has 22 heteroatoms. The zero-order valence-corrected chi connectivity index (χ0v) is 23.8. The Morgan fingerprint density at radius 2 is 1.82 bits per heavy atom. The lowest BCUT2D eigenvalue weighted by Crippen LogP contribution is -2.48. The summed E-state index contributed by atoms with van der Waals surface area (Å²) in [5, 5.41) is 42.9. The van der Waals surface area contributed by atoms with Crippen LogP contribution in [0, 0.1) is 12.3 Å². The van der Waals surface area contributed by atoms with Crippen LogP contribution < -0.4 is 17.0 Å². The van der Waals surface area contributed by atoms with Gasteiger partial charge < -0.3 is 46.3 Å². The van der Waals surface area contributed by atoms with E-state index in [2.05, 4.69) is 35.8 Å². The largest absolute Gasteiger partial charge is 0.472 e. The summed E-state index contributed by atoms with van der Waals surface area (Å²) in [5.74, 6) is 2.05. The van der Waals surface area contributed by atoms with Crippen LogP contribution in [0.15, 0.2) is 23.8 Å². The van der Waals surface area contributed by atoms with Crippen molar-refractivity contribution in [3.05, 3.63) is 29.3 Å². The zero-order chi connectivity index (χ0) is 32.3. The third kappa shape index (κ3) is 5.22. The van der Waals surface area contributed by atoms with Crippen LogP contribution >= 0.6 is 7.82 Å². The number of nitrogens with one attached hydrogen (secondary N) is 1. The molecular formula is C23H27N10O11P. The number of rotatable bonds is 9. The summed E-state index contributed by atoms with van der Waals surface area (Å²) in [7, 11) is -5.07. The highest BCUT2D eigenvalue weighted by Crippen LogP contribution is 2.50. The fourth-order valence-electron chi connectivity index (χ4n) is 5.31. The van der Waals surface area contributed by atoms with Gasteiger partial charge >= 0.3 is 7.82 Å². The number of aliphatic hydroxyl groups excluding tert-OH is 3. The van der Waals surface area contributed by atoms with E-state index in [1.54, 1.807) is 0 Å². The maximum Gasteiger partial charge on any atom is 0.472 e. The molecule has 4 aromatic rings. The van der Waals surface area contributed by atoms with Crippen molar-refractivity contribution < 1.29 is 48.4 Å². The van der Waals surface area contributed by atoms with Gasteiger partial charge in [0.1, 0.15) is 41.9 Å². The Bertz CT molecular complexity index is 1890. The Balaban J connectivity index is 1.18. The second-order valence-electron chi connectivity index (χ2n) is 10.2. The van der Waals surface area contributed by atoms with Crippen LogP contribution in [0.5, 0.6) is 0 Å². The second-order valence-corrected chi connectivity index (χ2v) is 11.6. The third-order valence-corrected chi connectivity index (χ3v) is 8.57. The third-order valence-electron chi connectivity index (χ3n) is 7.55. The van der Waals surface area contributed by atoms with E-state index in [9.17, 15) is 34.7 Å². The maximum atomic E-state index is 13.0. The summed E-state index contributed by atoms with van der Waals surface area (Å²) in [6.45, 7) is -1.41. The number of fused-ring (bicyclic) bond motifs is 2. The summed E-state index contributed by atoms with van der Waals surface area (Å²) in [4.78, 5) is 45.0. The highest BCUT2D eigenvalue weighted by molar-refractivity contribution is 7.47. The molecule has 9 atom stereocenters. The van der Waals surface area contributed by atoms with E-state index in [1.165, 1.54) is 17.2 Å². The molecule has 0 aliphatic carbocycles. The van der Waals surface area contributed by atoms with Crippen LogP contribution in [-0.2, 0) is 23.1 Å². The quantitative estimate of drug-likeness (QED) is 0.0656. The zero-order valence-electron chi connectivity index (χ0n) is 22.9. The summed E-state index contributed by atoms with van der Waals surface area (Å²) in [6.07, 6.45) is -1.83. The first-order valence-corrected chi connectivity index (χ1v) is 14.7. The molecular weight excluding hydrogens is 623 g/mol. The van der Waals surface area contributed by atoms with Gasteiger partial charge in [-0.15, -0.1) is 6.42 Å². The topological polar surface area (TPSA) is 314 Å². The lowest BCUT2D eigenvalue weighted by molar-refractivity contribution is -0.0799. The number of aliphatic hydroxyl groups is 4. The molecule has 4 aromatic heterocycles. The number of phosphoric acid groups is 1. The van der Waals surface area contributed by atoms with Gasteiger partial charge in [0.15, 0.2) is 41.2 Å². The van der Waals surface area contributed by atoms with E-state index in [-0.39, 0.29) is 34.1 Å². The van der Waals surface area contributed by atoms with Crippen LogP contribution in [0.1, 0.15) is 18.9 Å². The molecule has 45 heavy (non-hydrogen) atoms. The van der Waals surface area contributed by atoms with Gasteiger partial charge in [-0.3, -0.25) is 28.0 Å². The van der Waals surface area contributed by atoms with Crippen molar-refractivity contribution in [3.8, 4) is 12.3 Å². The molecule has 0 aromatic carbocycles. The average Bonchev–Trinajstić information content (AvgIpc) is 3.74. The van der Waals surface area contributed by atoms with Crippen molar-refractivity contribution in [2.45, 2.75) is 55.0 Å². The first-order chi connectivity index (χ1) is 21.4. The van der Waals surface area contributed by atoms with Gasteiger partial charge in [0, 0.05) is 6.42 Å². The number of anilines is 2. The smallest absolute Gasteiger partial charge is 0.394 e. The number of imidazole rings is 2. The van der Waals surface area contributed by atoms with Crippen molar-refractivity contribution in [1.29, 1.82) is 0 Å². The van der Waals surface area contributed by atoms with Crippen molar-refractivity contribution >= 4 is 41.9 Å². The molecule has 2 aliphatic rings. The first-order valence-electron chi connectivity index (χ1n) is 13.2. The van der Waals surface area contributed by atoms with Crippen LogP contribution in [-0.4, -0.2) is 114 Å². The van der Waals surface area contributed by atoms with E-state index in [0.29, 0.717) is 0 Å². The van der Waals surface area contributed by atoms with Gasteiger partial charge in [-0.25, -0.2) is 24.5 Å². The van der Waals surface area contributed by atoms with Gasteiger partial charge in [-0.1, -0.05) is 5.92 Å². The number of hydrogen-bond acceptors (Lipinski definition) is 17. The van der Waals surface area contributed by atoms with Gasteiger partial charge in [0.2, 0.25) is 5.95 Å². The lowest BCUT2D eigenvalue weighted by atomic mass is 9.89. The Hall–Kier alpha value is -4.07. The molecule has 240 valence electrons. The second kappa shape index (κ2) is 11.4. The fraction of sp³-hybridized carbons (Fsp3) is 0.478. The molecule has 2 saturated heterocycles. The van der Waals surface area contributed by atoms with E-state index in [4.69, 9.17) is 36.4 Å². The van der Waals surface area contributed by atoms with E-state index >= 15 is 0 Å². The van der Waals surface area contributed by atoms with Crippen molar-refractivity contribution in [2.75, 3.05) is 24.7 Å². The molecule has 21 nitrogen and oxygen atoms in total. The predicted molar refractivity (Wildman–Crippen MR) is 148 cm³/mol. The summed E-state index contributed by atoms with van der Waals surface area (Å²) in [5.41, 5.74) is 8.75. The van der Waals surface area contributed by atoms with Gasteiger partial charge in [-0.05, 0) is 0 Å². The molecule has 5 unspecified atom stereocenters. The SMILES string of the molecule is C#C[C@@H]1O[C@@H](n2cnc3c(N)ncnc32)C(O)C1(O)CCOP(=O)(O)OC1C(O)[C@@H](CO)O[C@H]1n1cnc2c(=O)[nH]c(N)nc21. The molecule has 0 spiro atoms. The Kier molecular flexibility index (Phi) is 7.82. The highest BCUT2D eigenvalue weighted by Gasteiger charge is 2.56. The number of H-pyrrole nitrogens is 1. The molecule has 2 fully saturated rings. The minimum atomic E-state index is -5.07. The summed E-state index contributed by atoms with van der Waals surface area (Å²) < 4.78 is 37.2. The number of aromatic nitrogens is 8. The minimum absolute atomic E-state index is 0.0719. The molecule has 6 rings (SSSR count). The fourth-order valence-corrected chi connectivity index (χ4v) is 6.23. The number of phosphoric ester groups is 1. The number of nitrogen functional groups attached to an aromatic ring is 2. The number of hydrogen-bond donors (Lipinski definition) is 8. The Labute approximate surface area is 251 Å². The highest BCUT2D eigenvalue weighted by atomic mass is 31.2. The minimum Gasteiger partial charge on any atom is -0.394 e. The standard InChI is InChI=1S/C23H27N10O11P/c1-2-10-23(38,15(36)21(43-10)32-7-28-11-16(24)26-6-27-17(11)32)3-4-41-45(39,40)44-14-13(35)9(5-34)42-20(14)33-8-29-12-18(33)30-22(25)31-19(12)37/h1,6-10,13-15,20-21,34-36,38H,3-5H2,(H,39,40)(H2,24,26,27)(H3,25,30,31,37)/t9-,10+,13?,14?,15?,20-,21-,23?/m1/s1. The van der Waals surface area contributed by atoms with Gasteiger partial charge in [0.05, 0.1) is 25.9 Å². The van der Waals surface area contributed by atoms with E-state index in [1.807, 2.05) is 0 Å². The van der Waals surface area contributed by atoms with E-state index < -0.39 is 81.6 Å². The van der Waals surface area contributed by atoms with Crippen molar-refractivity contribution in [2.24, 2.45) is 0 Å². The van der Waals surface area contributed by atoms with Crippen LogP contribution in [0.3, 0.4) is 0 Å². The number of aromatic amines is 1. The van der Waals surface area contributed by atoms with Crippen molar-refractivity contribution in [1.82, 2.24) is 39.0 Å². The summed E-state index contributed by atoms with van der Waals surface area (Å²) in [6, 6.07) is 0. The molecule has 6 heterocycles. The van der Waals surface area contributed by atoms with Crippen molar-refractivity contribution in [3.63, 3.8) is 0 Å². The van der Waals surface area contributed by atoms with Crippen LogP contribution in [0.2, 0.25) is 0 Å². The molecule has 0 bridgehead atoms. The first kappa shape index (κ1) is 30.9. The normalized spacial score (nSPS) is 31.4. The Morgan fingerprint density at radius 3 is 2.53 bits per heavy atom. The predicted octanol–water partition coefficient (Wildman–Crippen LogP) is -3.11. The molecule has 0 amide bonds. The molecule has 10 N–H and O–H groups in total. The van der Waals surface area contributed by atoms with Gasteiger partial charge in [-0.2, -0.15) is 4.98 Å². The average molecular weight is 651 g/mol. The van der Waals surface area contributed by atoms with Crippen LogP contribution in [0.4, 0.5) is 11.8 Å². The number of nitrogens with zero attached hydrogens (tertiary/aromatic N) is 7. The van der Waals surface area contributed by atoms with Crippen LogP contribution in [0.25, 0.3) is 22.3 Å². The van der Waals surface area contributed by atoms with Gasteiger partial charge in [0.25, 0.3) is 5.56 Å². The summed E-state index contributed by atoms with van der Waals surface area (Å²) >= 11 is 0. The monoisotopic (exact) mass is 650 g/mol. The number of ether oxygens (including phenoxy) is 2. The lowest BCUT2D eigenvalue weighted by Gasteiger charge is -2.29. The maximum absolute atomic E-state index is 13.0. The number of terminal acetylenes is 1. The molecule has 0 radical (unpaired) electrons. The number of nitrogens with two attached hydrogens (primary N) is 2.